The van der Waals surface area contributed by atoms with Crippen LogP contribution in [0.4, 0.5) is 13.2 Å². The molecular formula is C6H5ClF3N2O. The number of alkyl halides is 3. The number of ether oxygens (including phenoxy) is 1. The molecule has 3 nitrogen and oxygen atoms in total. The Bertz CT molecular complexity index is 297. The molecule has 1 aromatic heterocycles. The Morgan fingerprint density at radius 3 is 2.69 bits per heavy atom. The van der Waals surface area contributed by atoms with Crippen LogP contribution in [0.15, 0.2) is 0 Å². The largest absolute Gasteiger partial charge is 0.507 e. The Hall–Kier alpha value is -0.910. The topological polar surface area (TPSA) is 27.1 Å². The van der Waals surface area contributed by atoms with Crippen molar-refractivity contribution in [2.24, 2.45) is 0 Å². The number of hydrogen-bond acceptors (Lipinski definition) is 2. The van der Waals surface area contributed by atoms with E-state index in [4.69, 9.17) is 11.6 Å². The summed E-state index contributed by atoms with van der Waals surface area (Å²) in [5.74, 6) is -0.531. The highest BCUT2D eigenvalue weighted by Gasteiger charge is 2.36. The average Bonchev–Trinajstić information content (AvgIpc) is 2.32. The van der Waals surface area contributed by atoms with Crippen molar-refractivity contribution in [2.75, 3.05) is 6.61 Å². The maximum absolute atomic E-state index is 12.1. The smallest absolute Gasteiger partial charge is 0.477 e. The van der Waals surface area contributed by atoms with Gasteiger partial charge in [-0.25, -0.2) is 0 Å². The highest BCUT2D eigenvalue weighted by Crippen LogP contribution is 2.32. The summed E-state index contributed by atoms with van der Waals surface area (Å²) in [6.45, 7) is 1.62. The van der Waals surface area contributed by atoms with Gasteiger partial charge in [-0.15, -0.1) is 17.9 Å². The summed E-state index contributed by atoms with van der Waals surface area (Å²) in [5, 5.41) is 2.64. The third-order valence-corrected chi connectivity index (χ3v) is 1.40. The van der Waals surface area contributed by atoms with Gasteiger partial charge in [0.1, 0.15) is 11.2 Å². The van der Waals surface area contributed by atoms with Gasteiger partial charge in [0.15, 0.2) is 0 Å². The van der Waals surface area contributed by atoms with E-state index in [1.54, 1.807) is 6.92 Å². The van der Waals surface area contributed by atoms with Crippen LogP contribution in [0.1, 0.15) is 6.92 Å². The van der Waals surface area contributed by atoms with E-state index in [1.807, 2.05) is 6.20 Å². The zero-order valence-corrected chi connectivity index (χ0v) is 7.28. The van der Waals surface area contributed by atoms with Gasteiger partial charge in [-0.3, -0.25) is 0 Å². The monoisotopic (exact) mass is 213 g/mol. The van der Waals surface area contributed by atoms with Gasteiger partial charge in [-0.1, -0.05) is 11.6 Å². The van der Waals surface area contributed by atoms with Crippen LogP contribution in [0.2, 0.25) is 5.02 Å². The molecule has 13 heavy (non-hydrogen) atoms. The Labute approximate surface area is 77.0 Å². The van der Waals surface area contributed by atoms with Crippen LogP contribution in [0.5, 0.6) is 5.88 Å². The molecule has 1 heterocycles. The van der Waals surface area contributed by atoms with Crippen LogP contribution in [0.25, 0.3) is 0 Å². The summed E-state index contributed by atoms with van der Waals surface area (Å²) in [5.41, 5.74) is 0. The molecule has 0 aromatic carbocycles. The molecule has 0 aliphatic heterocycles. The molecule has 0 aliphatic rings. The van der Waals surface area contributed by atoms with E-state index >= 15 is 0 Å². The van der Waals surface area contributed by atoms with Gasteiger partial charge in [-0.05, 0) is 6.92 Å². The number of aromatic nitrogens is 2. The second-order valence-electron chi connectivity index (χ2n) is 2.04. The summed E-state index contributed by atoms with van der Waals surface area (Å²) in [7, 11) is 0. The molecule has 73 valence electrons. The maximum atomic E-state index is 12.1. The van der Waals surface area contributed by atoms with Gasteiger partial charge in [0, 0.05) is 0 Å². The molecule has 0 atom stereocenters. The Morgan fingerprint density at radius 1 is 1.62 bits per heavy atom. The lowest BCUT2D eigenvalue weighted by atomic mass is 10.6. The van der Waals surface area contributed by atoms with Gasteiger partial charge in [-0.2, -0.15) is 5.10 Å². The fourth-order valence-electron chi connectivity index (χ4n) is 0.713. The van der Waals surface area contributed by atoms with E-state index in [0.717, 1.165) is 0 Å². The van der Waals surface area contributed by atoms with E-state index in [0.29, 0.717) is 0 Å². The maximum Gasteiger partial charge on any atom is 0.507 e. The SMILES string of the molecule is CCOc1c(Cl)[c]nn1C(F)(F)F. The number of rotatable bonds is 2. The van der Waals surface area contributed by atoms with Crippen molar-refractivity contribution < 1.29 is 17.9 Å². The van der Waals surface area contributed by atoms with E-state index in [-0.39, 0.29) is 16.3 Å². The van der Waals surface area contributed by atoms with Crippen molar-refractivity contribution >= 4 is 11.6 Å². The standard InChI is InChI=1S/C6H5ClF3N2O/c1-2-13-5-4(7)3-11-12(5)6(8,9)10/h2H2,1H3. The molecule has 7 heteroatoms. The predicted octanol–water partition coefficient (Wildman–Crippen LogP) is 2.21. The first-order valence-corrected chi connectivity index (χ1v) is 3.70. The molecule has 1 aromatic rings. The molecule has 0 N–H and O–H groups in total. The molecule has 0 unspecified atom stereocenters. The van der Waals surface area contributed by atoms with Crippen molar-refractivity contribution in [3.05, 3.63) is 11.2 Å². The zero-order valence-electron chi connectivity index (χ0n) is 6.52. The molecule has 1 radical (unpaired) electrons. The lowest BCUT2D eigenvalue weighted by Crippen LogP contribution is -2.19. The second-order valence-corrected chi connectivity index (χ2v) is 2.42. The quantitative estimate of drug-likeness (QED) is 0.753. The van der Waals surface area contributed by atoms with Crippen LogP contribution in [0.3, 0.4) is 0 Å². The third-order valence-electron chi connectivity index (χ3n) is 1.15. The van der Waals surface area contributed by atoms with Gasteiger partial charge in [0.05, 0.1) is 6.61 Å². The summed E-state index contributed by atoms with van der Waals surface area (Å²) >= 11 is 5.37. The summed E-state index contributed by atoms with van der Waals surface area (Å²) in [4.78, 5) is 0. The molecule has 0 aliphatic carbocycles. The number of halogens is 4. The van der Waals surface area contributed by atoms with Crippen molar-refractivity contribution in [2.45, 2.75) is 13.2 Å². The predicted molar refractivity (Wildman–Crippen MR) is 38.5 cm³/mol. The number of hydrogen-bond donors (Lipinski definition) is 0. The molecule has 0 spiro atoms. The van der Waals surface area contributed by atoms with E-state index in [1.165, 1.54) is 0 Å². The molecule has 1 rings (SSSR count). The van der Waals surface area contributed by atoms with Gasteiger partial charge in [0.25, 0.3) is 0 Å². The molecule has 0 saturated carbocycles. The minimum Gasteiger partial charge on any atom is -0.477 e. The van der Waals surface area contributed by atoms with Crippen LogP contribution in [-0.2, 0) is 6.30 Å². The van der Waals surface area contributed by atoms with Gasteiger partial charge in [0.2, 0.25) is 5.88 Å². The van der Waals surface area contributed by atoms with Crippen molar-refractivity contribution in [1.82, 2.24) is 9.78 Å². The summed E-state index contributed by atoms with van der Waals surface area (Å²) in [6.07, 6.45) is -2.67. The highest BCUT2D eigenvalue weighted by atomic mass is 35.5. The fourth-order valence-corrected chi connectivity index (χ4v) is 0.886. The summed E-state index contributed by atoms with van der Waals surface area (Å²) < 4.78 is 40.8. The van der Waals surface area contributed by atoms with Crippen LogP contribution < -0.4 is 4.74 Å². The fraction of sp³-hybridized carbons (Fsp3) is 0.500. The Morgan fingerprint density at radius 2 is 2.23 bits per heavy atom. The van der Waals surface area contributed by atoms with Crippen LogP contribution >= 0.6 is 11.6 Å². The molecule has 0 fully saturated rings. The van der Waals surface area contributed by atoms with Crippen molar-refractivity contribution in [1.29, 1.82) is 0 Å². The normalized spacial score (nSPS) is 11.8. The lowest BCUT2D eigenvalue weighted by molar-refractivity contribution is -0.215. The first kappa shape index (κ1) is 10.2. The highest BCUT2D eigenvalue weighted by molar-refractivity contribution is 6.31. The molecular weight excluding hydrogens is 209 g/mol. The van der Waals surface area contributed by atoms with Gasteiger partial charge >= 0.3 is 6.30 Å². The first-order valence-electron chi connectivity index (χ1n) is 3.33. The van der Waals surface area contributed by atoms with Crippen molar-refractivity contribution in [3.63, 3.8) is 0 Å². The zero-order chi connectivity index (χ0) is 10.1. The minimum atomic E-state index is -4.63. The number of nitrogens with zero attached hydrogens (tertiary/aromatic N) is 2. The minimum absolute atomic E-state index is 0.0787. The Kier molecular flexibility index (Phi) is 2.70. The van der Waals surface area contributed by atoms with E-state index in [2.05, 4.69) is 9.84 Å². The molecule has 0 amide bonds. The first-order chi connectivity index (χ1) is 5.96. The summed E-state index contributed by atoms with van der Waals surface area (Å²) in [6, 6.07) is 0. The van der Waals surface area contributed by atoms with Crippen molar-refractivity contribution in [3.8, 4) is 5.88 Å². The Balaban J connectivity index is 3.07. The van der Waals surface area contributed by atoms with E-state index in [9.17, 15) is 13.2 Å². The second kappa shape index (κ2) is 3.45. The molecule has 0 bridgehead atoms. The van der Waals surface area contributed by atoms with Crippen LogP contribution in [-0.4, -0.2) is 16.4 Å². The van der Waals surface area contributed by atoms with Gasteiger partial charge < -0.3 is 4.74 Å². The van der Waals surface area contributed by atoms with E-state index < -0.39 is 12.2 Å². The molecule has 0 saturated heterocycles. The average molecular weight is 214 g/mol. The van der Waals surface area contributed by atoms with Crippen LogP contribution in [0, 0.1) is 6.20 Å². The third kappa shape index (κ3) is 2.06. The lowest BCUT2D eigenvalue weighted by Gasteiger charge is -2.10.